The summed E-state index contributed by atoms with van der Waals surface area (Å²) in [5.74, 6) is 0.322. The molecule has 2 heterocycles. The molecule has 2 N–H and O–H groups in total. The summed E-state index contributed by atoms with van der Waals surface area (Å²) >= 11 is 0. The van der Waals surface area contributed by atoms with Crippen molar-refractivity contribution in [3.63, 3.8) is 0 Å². The van der Waals surface area contributed by atoms with Crippen LogP contribution in [0.2, 0.25) is 0 Å². The monoisotopic (exact) mass is 427 g/mol. The molecule has 11 heteroatoms. The molecular weight excluding hydrogens is 402 g/mol. The lowest BCUT2D eigenvalue weighted by atomic mass is 10.1. The van der Waals surface area contributed by atoms with Crippen molar-refractivity contribution < 1.29 is 4.92 Å². The summed E-state index contributed by atoms with van der Waals surface area (Å²) < 4.78 is 3.00. The number of hydrazone groups is 1. The molecule has 11 nitrogen and oxygen atoms in total. The molecule has 0 aliphatic heterocycles. The summed E-state index contributed by atoms with van der Waals surface area (Å²) in [6, 6.07) is 6.15. The average molecular weight is 427 g/mol. The highest BCUT2D eigenvalue weighted by molar-refractivity contribution is 5.99. The van der Waals surface area contributed by atoms with Gasteiger partial charge in [0, 0.05) is 31.3 Å². The van der Waals surface area contributed by atoms with Gasteiger partial charge in [0.25, 0.3) is 11.2 Å². The normalized spacial score (nSPS) is 11.8. The number of nitro benzene ring substituents is 1. The quantitative estimate of drug-likeness (QED) is 0.233. The zero-order valence-electron chi connectivity index (χ0n) is 17.7. The molecule has 31 heavy (non-hydrogen) atoms. The van der Waals surface area contributed by atoms with Gasteiger partial charge in [-0.05, 0) is 13.3 Å². The molecule has 3 aromatic rings. The van der Waals surface area contributed by atoms with Gasteiger partial charge in [0.2, 0.25) is 5.95 Å². The summed E-state index contributed by atoms with van der Waals surface area (Å²) in [5, 5.41) is 15.3. The Hall–Kier alpha value is -3.76. The number of hydrogen-bond acceptors (Lipinski definition) is 7. The van der Waals surface area contributed by atoms with E-state index >= 15 is 0 Å². The Morgan fingerprint density at radius 1 is 1.29 bits per heavy atom. The molecule has 0 aliphatic carbocycles. The summed E-state index contributed by atoms with van der Waals surface area (Å²) in [4.78, 5) is 41.7. The van der Waals surface area contributed by atoms with Crippen LogP contribution in [-0.4, -0.2) is 29.7 Å². The number of fused-ring (bicyclic) bond motifs is 1. The van der Waals surface area contributed by atoms with Crippen molar-refractivity contribution in [2.75, 3.05) is 5.43 Å². The largest absolute Gasteiger partial charge is 0.329 e. The number of aromatic nitrogens is 4. The lowest BCUT2D eigenvalue weighted by molar-refractivity contribution is -0.384. The summed E-state index contributed by atoms with van der Waals surface area (Å²) in [5.41, 5.74) is 3.43. The molecular formula is C20H25N7O4. The van der Waals surface area contributed by atoms with E-state index in [1.165, 1.54) is 23.7 Å². The number of hydrogen-bond donors (Lipinski definition) is 2. The second-order valence-electron chi connectivity index (χ2n) is 7.25. The van der Waals surface area contributed by atoms with Crippen LogP contribution in [0.25, 0.3) is 11.2 Å². The van der Waals surface area contributed by atoms with E-state index in [1.54, 1.807) is 23.6 Å². The number of aromatic amines is 1. The lowest BCUT2D eigenvalue weighted by Gasteiger charge is -2.08. The minimum Gasteiger partial charge on any atom is -0.303 e. The first kappa shape index (κ1) is 21.9. The third kappa shape index (κ3) is 4.71. The number of aryl methyl sites for hydroxylation is 2. The molecule has 0 atom stereocenters. The first-order chi connectivity index (χ1) is 14.8. The fourth-order valence-electron chi connectivity index (χ4n) is 3.28. The van der Waals surface area contributed by atoms with Crippen LogP contribution >= 0.6 is 0 Å². The zero-order chi connectivity index (χ0) is 22.5. The number of benzene rings is 1. The van der Waals surface area contributed by atoms with Crippen LogP contribution < -0.4 is 16.7 Å². The molecule has 3 rings (SSSR count). The SMILES string of the molecule is CCCCCCn1c(N/N=C(/C)c2cccc([N+](=O)[O-])c2)nc2c1c(=O)[nH]c(=O)n2C. The van der Waals surface area contributed by atoms with Gasteiger partial charge in [0.1, 0.15) is 0 Å². The van der Waals surface area contributed by atoms with Crippen LogP contribution in [-0.2, 0) is 13.6 Å². The molecule has 1 aromatic carbocycles. The van der Waals surface area contributed by atoms with E-state index < -0.39 is 16.2 Å². The summed E-state index contributed by atoms with van der Waals surface area (Å²) in [6.07, 6.45) is 3.99. The Balaban J connectivity index is 1.99. The smallest absolute Gasteiger partial charge is 0.303 e. The highest BCUT2D eigenvalue weighted by Crippen LogP contribution is 2.18. The van der Waals surface area contributed by atoms with E-state index in [0.29, 0.717) is 29.3 Å². The molecule has 0 amide bonds. The predicted octanol–water partition coefficient (Wildman–Crippen LogP) is 2.75. The minimum atomic E-state index is -0.545. The van der Waals surface area contributed by atoms with Gasteiger partial charge in [0.05, 0.1) is 10.6 Å². The number of imidazole rings is 1. The second-order valence-corrected chi connectivity index (χ2v) is 7.25. The van der Waals surface area contributed by atoms with Gasteiger partial charge < -0.3 is 4.57 Å². The molecule has 0 aliphatic rings. The number of nitrogens with one attached hydrogen (secondary N) is 2. The highest BCUT2D eigenvalue weighted by atomic mass is 16.6. The molecule has 0 spiro atoms. The van der Waals surface area contributed by atoms with E-state index in [-0.39, 0.29) is 11.3 Å². The third-order valence-corrected chi connectivity index (χ3v) is 5.04. The molecule has 0 saturated carbocycles. The summed E-state index contributed by atoms with van der Waals surface area (Å²) in [7, 11) is 1.54. The van der Waals surface area contributed by atoms with Gasteiger partial charge in [-0.1, -0.05) is 38.3 Å². The van der Waals surface area contributed by atoms with Crippen molar-refractivity contribution in [3.8, 4) is 0 Å². The fraction of sp³-hybridized carbons (Fsp3) is 0.400. The van der Waals surface area contributed by atoms with Crippen molar-refractivity contribution in [3.05, 3.63) is 60.8 Å². The number of H-pyrrole nitrogens is 1. The number of nitrogens with zero attached hydrogens (tertiary/aromatic N) is 5. The fourth-order valence-corrected chi connectivity index (χ4v) is 3.28. The van der Waals surface area contributed by atoms with E-state index in [2.05, 4.69) is 27.4 Å². The Morgan fingerprint density at radius 3 is 2.77 bits per heavy atom. The van der Waals surface area contributed by atoms with Crippen LogP contribution in [0.3, 0.4) is 0 Å². The maximum atomic E-state index is 12.5. The topological polar surface area (TPSA) is 140 Å². The Kier molecular flexibility index (Phi) is 6.63. The van der Waals surface area contributed by atoms with Gasteiger partial charge in [-0.25, -0.2) is 10.2 Å². The molecule has 0 bridgehead atoms. The van der Waals surface area contributed by atoms with Gasteiger partial charge in [-0.15, -0.1) is 0 Å². The van der Waals surface area contributed by atoms with Crippen molar-refractivity contribution in [1.29, 1.82) is 0 Å². The number of rotatable bonds is 9. The van der Waals surface area contributed by atoms with Crippen molar-refractivity contribution in [2.45, 2.75) is 46.1 Å². The third-order valence-electron chi connectivity index (χ3n) is 5.04. The van der Waals surface area contributed by atoms with Crippen molar-refractivity contribution >= 4 is 28.5 Å². The van der Waals surface area contributed by atoms with Crippen LogP contribution in [0.5, 0.6) is 0 Å². The molecule has 164 valence electrons. The number of non-ortho nitro benzene ring substituents is 1. The Morgan fingerprint density at radius 2 is 2.06 bits per heavy atom. The van der Waals surface area contributed by atoms with Gasteiger partial charge in [-0.2, -0.15) is 10.1 Å². The van der Waals surface area contributed by atoms with Gasteiger partial charge in [-0.3, -0.25) is 24.5 Å². The van der Waals surface area contributed by atoms with Gasteiger partial charge >= 0.3 is 5.69 Å². The molecule has 2 aromatic heterocycles. The maximum Gasteiger partial charge on any atom is 0.329 e. The van der Waals surface area contributed by atoms with Crippen LogP contribution in [0.4, 0.5) is 11.6 Å². The Bertz CT molecular complexity index is 1250. The molecule has 0 saturated heterocycles. The van der Waals surface area contributed by atoms with Crippen molar-refractivity contribution in [1.82, 2.24) is 19.1 Å². The summed E-state index contributed by atoms with van der Waals surface area (Å²) in [6.45, 7) is 4.36. The number of nitro groups is 1. The maximum absolute atomic E-state index is 12.5. The first-order valence-corrected chi connectivity index (χ1v) is 10.1. The molecule has 0 radical (unpaired) electrons. The molecule has 0 fully saturated rings. The van der Waals surface area contributed by atoms with Gasteiger partial charge in [0.15, 0.2) is 11.2 Å². The first-order valence-electron chi connectivity index (χ1n) is 10.1. The molecule has 0 unspecified atom stereocenters. The minimum absolute atomic E-state index is 0.0308. The number of unbranched alkanes of at least 4 members (excludes halogenated alkanes) is 3. The average Bonchev–Trinajstić information content (AvgIpc) is 3.12. The van der Waals surface area contributed by atoms with E-state index in [1.807, 2.05) is 0 Å². The lowest BCUT2D eigenvalue weighted by Crippen LogP contribution is -2.29. The van der Waals surface area contributed by atoms with E-state index in [4.69, 9.17) is 0 Å². The standard InChI is InChI=1S/C20H25N7O4/c1-4-5-6-7-11-26-16-17(25(3)20(29)22-18(16)28)21-19(26)24-23-13(2)14-9-8-10-15(12-14)27(30)31/h8-10,12H,4-7,11H2,1-3H3,(H,21,24)(H,22,28,29)/b23-13-. The van der Waals surface area contributed by atoms with Crippen molar-refractivity contribution in [2.24, 2.45) is 12.1 Å². The van der Waals surface area contributed by atoms with E-state index in [0.717, 1.165) is 25.7 Å². The highest BCUT2D eigenvalue weighted by Gasteiger charge is 2.17. The van der Waals surface area contributed by atoms with Crippen LogP contribution in [0, 0.1) is 10.1 Å². The number of anilines is 1. The van der Waals surface area contributed by atoms with Crippen LogP contribution in [0.1, 0.15) is 45.1 Å². The predicted molar refractivity (Wildman–Crippen MR) is 119 cm³/mol. The zero-order valence-corrected chi connectivity index (χ0v) is 17.7. The second kappa shape index (κ2) is 9.37. The van der Waals surface area contributed by atoms with E-state index in [9.17, 15) is 19.7 Å². The Labute approximate surface area is 177 Å². The van der Waals surface area contributed by atoms with Crippen LogP contribution in [0.15, 0.2) is 39.0 Å².